The van der Waals surface area contributed by atoms with E-state index in [0.717, 1.165) is 11.8 Å². The zero-order valence-electron chi connectivity index (χ0n) is 15.4. The number of carbonyl (C=O) groups is 2. The van der Waals surface area contributed by atoms with Gasteiger partial charge in [-0.3, -0.25) is 19.7 Å². The number of nitriles is 1. The lowest BCUT2D eigenvalue weighted by Crippen LogP contribution is -2.31. The number of nitro groups is 1. The average Bonchev–Trinajstić information content (AvgIpc) is 2.72. The number of nitro benzene ring substituents is 1. The second kappa shape index (κ2) is 9.19. The van der Waals surface area contributed by atoms with Crippen LogP contribution in [0.25, 0.3) is 0 Å². The summed E-state index contributed by atoms with van der Waals surface area (Å²) in [5.74, 6) is -2.02. The number of rotatable bonds is 6. The predicted octanol–water partition coefficient (Wildman–Crippen LogP) is 3.44. The van der Waals surface area contributed by atoms with Gasteiger partial charge in [0.1, 0.15) is 11.5 Å². The third kappa shape index (κ3) is 4.82. The van der Waals surface area contributed by atoms with E-state index >= 15 is 0 Å². The van der Waals surface area contributed by atoms with E-state index in [0.29, 0.717) is 5.56 Å². The van der Waals surface area contributed by atoms with Crippen LogP contribution in [0.3, 0.4) is 0 Å². The normalized spacial score (nSPS) is 15.9. The maximum atomic E-state index is 13.2. The Labute approximate surface area is 174 Å². The van der Waals surface area contributed by atoms with E-state index in [-0.39, 0.29) is 40.1 Å². The van der Waals surface area contributed by atoms with Crippen molar-refractivity contribution in [3.63, 3.8) is 0 Å². The fourth-order valence-corrected chi connectivity index (χ4v) is 3.85. The fourth-order valence-electron chi connectivity index (χ4n) is 2.98. The topological polar surface area (TPSA) is 125 Å². The molecule has 0 saturated carbocycles. The first-order chi connectivity index (χ1) is 14.4. The SMILES string of the molecule is N#CC1=C(SCC(=O)Nc2ccccc2[N+](=O)[O-])NC(=O)CC1c1ccc(F)cc1. The summed E-state index contributed by atoms with van der Waals surface area (Å²) >= 11 is 0.946. The number of allylic oxidation sites excluding steroid dienone is 1. The van der Waals surface area contributed by atoms with Gasteiger partial charge >= 0.3 is 0 Å². The monoisotopic (exact) mass is 426 g/mol. The van der Waals surface area contributed by atoms with E-state index in [2.05, 4.69) is 16.7 Å². The number of thioether (sulfide) groups is 1. The molecule has 2 aromatic rings. The van der Waals surface area contributed by atoms with Crippen LogP contribution < -0.4 is 10.6 Å². The van der Waals surface area contributed by atoms with Crippen LogP contribution in [0.5, 0.6) is 0 Å². The number of nitrogens with one attached hydrogen (secondary N) is 2. The summed E-state index contributed by atoms with van der Waals surface area (Å²) < 4.78 is 13.2. The molecule has 0 bridgehead atoms. The molecule has 0 aliphatic carbocycles. The first-order valence-electron chi connectivity index (χ1n) is 8.74. The van der Waals surface area contributed by atoms with Gasteiger partial charge in [0.25, 0.3) is 5.69 Å². The first-order valence-corrected chi connectivity index (χ1v) is 9.73. The Kier molecular flexibility index (Phi) is 6.44. The maximum absolute atomic E-state index is 13.2. The summed E-state index contributed by atoms with van der Waals surface area (Å²) in [6.07, 6.45) is 0.0288. The minimum Gasteiger partial charge on any atom is -0.320 e. The Morgan fingerprint density at radius 3 is 2.67 bits per heavy atom. The lowest BCUT2D eigenvalue weighted by molar-refractivity contribution is -0.383. The van der Waals surface area contributed by atoms with Gasteiger partial charge in [-0.05, 0) is 23.8 Å². The molecule has 0 saturated heterocycles. The van der Waals surface area contributed by atoms with E-state index < -0.39 is 22.6 Å². The van der Waals surface area contributed by atoms with Crippen molar-refractivity contribution in [2.75, 3.05) is 11.1 Å². The number of para-hydroxylation sites is 2. The van der Waals surface area contributed by atoms with Crippen molar-refractivity contribution < 1.29 is 18.9 Å². The van der Waals surface area contributed by atoms with Crippen LogP contribution in [0.15, 0.2) is 59.1 Å². The van der Waals surface area contributed by atoms with Crippen molar-refractivity contribution in [3.8, 4) is 6.07 Å². The molecule has 1 heterocycles. The summed E-state index contributed by atoms with van der Waals surface area (Å²) in [6.45, 7) is 0. The molecule has 10 heteroatoms. The Hall–Kier alpha value is -3.71. The van der Waals surface area contributed by atoms with E-state index in [1.54, 1.807) is 6.07 Å². The number of nitrogens with zero attached hydrogens (tertiary/aromatic N) is 2. The Bertz CT molecular complexity index is 1080. The summed E-state index contributed by atoms with van der Waals surface area (Å²) in [6, 6.07) is 13.3. The minimum absolute atomic E-state index is 0.0288. The molecular weight excluding hydrogens is 411 g/mol. The highest BCUT2D eigenvalue weighted by Gasteiger charge is 2.30. The number of anilines is 1. The predicted molar refractivity (Wildman–Crippen MR) is 109 cm³/mol. The van der Waals surface area contributed by atoms with Gasteiger partial charge in [-0.2, -0.15) is 5.26 Å². The average molecular weight is 426 g/mol. The quantitative estimate of drug-likeness (QED) is 0.538. The van der Waals surface area contributed by atoms with Crippen LogP contribution in [-0.2, 0) is 9.59 Å². The molecule has 1 aliphatic rings. The fraction of sp³-hybridized carbons (Fsp3) is 0.150. The standard InChI is InChI=1S/C20H15FN4O4S/c21-13-7-5-12(6-8-13)14-9-18(26)24-20(15(14)10-22)30-11-19(27)23-16-3-1-2-4-17(16)25(28)29/h1-8,14H,9,11H2,(H,23,27)(H,24,26). The van der Waals surface area contributed by atoms with Gasteiger partial charge in [-0.15, -0.1) is 0 Å². The van der Waals surface area contributed by atoms with Crippen molar-refractivity contribution in [1.82, 2.24) is 5.32 Å². The van der Waals surface area contributed by atoms with Crippen LogP contribution in [0.1, 0.15) is 17.9 Å². The lowest BCUT2D eigenvalue weighted by atomic mass is 9.87. The minimum atomic E-state index is -0.603. The molecule has 2 amide bonds. The van der Waals surface area contributed by atoms with Crippen LogP contribution in [0, 0.1) is 27.3 Å². The van der Waals surface area contributed by atoms with E-state index in [4.69, 9.17) is 0 Å². The van der Waals surface area contributed by atoms with Gasteiger partial charge in [0.05, 0.1) is 27.3 Å². The molecule has 0 fully saturated rings. The molecule has 0 spiro atoms. The largest absolute Gasteiger partial charge is 0.320 e. The van der Waals surface area contributed by atoms with Crippen molar-refractivity contribution >= 4 is 35.0 Å². The Balaban J connectivity index is 1.76. The summed E-state index contributed by atoms with van der Waals surface area (Å²) in [5.41, 5.74) is 0.699. The summed E-state index contributed by atoms with van der Waals surface area (Å²) in [4.78, 5) is 34.9. The molecule has 1 aliphatic heterocycles. The second-order valence-corrected chi connectivity index (χ2v) is 7.31. The number of hydrogen-bond donors (Lipinski definition) is 2. The van der Waals surface area contributed by atoms with Crippen LogP contribution in [-0.4, -0.2) is 22.5 Å². The highest BCUT2D eigenvalue weighted by molar-refractivity contribution is 8.03. The number of hydrogen-bond acceptors (Lipinski definition) is 6. The molecule has 1 atom stereocenters. The molecule has 2 N–H and O–H groups in total. The number of carbonyl (C=O) groups excluding carboxylic acids is 2. The molecule has 30 heavy (non-hydrogen) atoms. The smallest absolute Gasteiger partial charge is 0.292 e. The molecule has 1 unspecified atom stereocenters. The van der Waals surface area contributed by atoms with Gasteiger partial charge in [0, 0.05) is 18.4 Å². The van der Waals surface area contributed by atoms with Crippen molar-refractivity contribution in [2.24, 2.45) is 0 Å². The van der Waals surface area contributed by atoms with Gasteiger partial charge in [-0.1, -0.05) is 36.0 Å². The van der Waals surface area contributed by atoms with Gasteiger partial charge in [0.2, 0.25) is 11.8 Å². The molecule has 0 aromatic heterocycles. The van der Waals surface area contributed by atoms with E-state index in [9.17, 15) is 29.4 Å². The van der Waals surface area contributed by atoms with Crippen molar-refractivity contribution in [2.45, 2.75) is 12.3 Å². The van der Waals surface area contributed by atoms with E-state index in [1.165, 1.54) is 42.5 Å². The molecule has 0 radical (unpaired) electrons. The van der Waals surface area contributed by atoms with Crippen LogP contribution >= 0.6 is 11.8 Å². The maximum Gasteiger partial charge on any atom is 0.292 e. The third-order valence-electron chi connectivity index (χ3n) is 4.35. The molecule has 152 valence electrons. The van der Waals surface area contributed by atoms with Crippen LogP contribution in [0.4, 0.5) is 15.8 Å². The van der Waals surface area contributed by atoms with Gasteiger partial charge in [-0.25, -0.2) is 4.39 Å². The summed E-state index contributed by atoms with van der Waals surface area (Å²) in [7, 11) is 0. The Morgan fingerprint density at radius 2 is 2.00 bits per heavy atom. The molecule has 2 aromatic carbocycles. The van der Waals surface area contributed by atoms with Gasteiger partial charge in [0.15, 0.2) is 0 Å². The zero-order chi connectivity index (χ0) is 21.7. The van der Waals surface area contributed by atoms with Crippen LogP contribution in [0.2, 0.25) is 0 Å². The molecule has 3 rings (SSSR count). The van der Waals surface area contributed by atoms with Gasteiger partial charge < -0.3 is 10.6 Å². The van der Waals surface area contributed by atoms with E-state index in [1.807, 2.05) is 0 Å². The third-order valence-corrected chi connectivity index (χ3v) is 5.37. The summed E-state index contributed by atoms with van der Waals surface area (Å²) in [5, 5.41) is 26.0. The lowest BCUT2D eigenvalue weighted by Gasteiger charge is -2.25. The zero-order valence-corrected chi connectivity index (χ0v) is 16.2. The molecule has 8 nitrogen and oxygen atoms in total. The van der Waals surface area contributed by atoms with Crippen molar-refractivity contribution in [1.29, 1.82) is 5.26 Å². The first kappa shape index (κ1) is 21.0. The van der Waals surface area contributed by atoms with Crippen molar-refractivity contribution in [3.05, 3.63) is 80.6 Å². The highest BCUT2D eigenvalue weighted by atomic mass is 32.2. The second-order valence-electron chi connectivity index (χ2n) is 6.32. The highest BCUT2D eigenvalue weighted by Crippen LogP contribution is 2.36. The number of amides is 2. The Morgan fingerprint density at radius 1 is 1.30 bits per heavy atom. The number of halogens is 1. The molecular formula is C20H15FN4O4S. The number of benzene rings is 2.